The van der Waals surface area contributed by atoms with Gasteiger partial charge in [0.05, 0.1) is 0 Å². The Bertz CT molecular complexity index is 313. The number of thioether (sulfide) groups is 1. The second-order valence-corrected chi connectivity index (χ2v) is 4.67. The van der Waals surface area contributed by atoms with Crippen LogP contribution in [0, 0.1) is 0 Å². The molecule has 0 radical (unpaired) electrons. The Labute approximate surface area is 104 Å². The Morgan fingerprint density at radius 2 is 1.88 bits per heavy atom. The molecule has 0 saturated heterocycles. The predicted octanol–water partition coefficient (Wildman–Crippen LogP) is 3.63. The third-order valence-electron chi connectivity index (χ3n) is 2.33. The molecule has 1 aromatic rings. The van der Waals surface area contributed by atoms with Crippen molar-refractivity contribution in [3.63, 3.8) is 0 Å². The average Bonchev–Trinajstić information content (AvgIpc) is 2.28. The molecule has 0 aromatic heterocycles. The van der Waals surface area contributed by atoms with Crippen molar-refractivity contribution < 1.29 is 13.2 Å². The minimum absolute atomic E-state index is 0.268. The van der Waals surface area contributed by atoms with Gasteiger partial charge >= 0.3 is 6.18 Å². The van der Waals surface area contributed by atoms with Crippen LogP contribution in [0.25, 0.3) is 0 Å². The second kappa shape index (κ2) is 6.91. The van der Waals surface area contributed by atoms with E-state index in [2.05, 4.69) is 5.32 Å². The van der Waals surface area contributed by atoms with Gasteiger partial charge in [0.15, 0.2) is 0 Å². The van der Waals surface area contributed by atoms with Gasteiger partial charge in [-0.2, -0.15) is 24.9 Å². The fourth-order valence-corrected chi connectivity index (χ4v) is 1.96. The molecular formula is C12H16F3NS. The summed E-state index contributed by atoms with van der Waals surface area (Å²) < 4.78 is 38.5. The van der Waals surface area contributed by atoms with Crippen molar-refractivity contribution in [1.29, 1.82) is 0 Å². The molecule has 5 heteroatoms. The van der Waals surface area contributed by atoms with Gasteiger partial charge in [-0.1, -0.05) is 30.3 Å². The monoisotopic (exact) mass is 263 g/mol. The first-order chi connectivity index (χ1) is 8.05. The molecule has 1 unspecified atom stereocenters. The summed E-state index contributed by atoms with van der Waals surface area (Å²) in [5.74, 6) is 0.867. The third kappa shape index (κ3) is 5.00. The van der Waals surface area contributed by atoms with E-state index in [0.717, 1.165) is 12.2 Å². The fraction of sp³-hybridized carbons (Fsp3) is 0.500. The topological polar surface area (TPSA) is 12.0 Å². The maximum absolute atomic E-state index is 12.8. The molecule has 0 bridgehead atoms. The molecule has 1 rings (SSSR count). The smallest absolute Gasteiger partial charge is 0.302 e. The molecular weight excluding hydrogens is 247 g/mol. The van der Waals surface area contributed by atoms with Crippen LogP contribution in [0.1, 0.15) is 18.0 Å². The van der Waals surface area contributed by atoms with Crippen molar-refractivity contribution in [2.24, 2.45) is 0 Å². The maximum atomic E-state index is 12.8. The number of hydrogen-bond donors (Lipinski definition) is 1. The lowest BCUT2D eigenvalue weighted by atomic mass is 10.1. The largest absolute Gasteiger partial charge is 0.407 e. The molecule has 0 aliphatic rings. The molecule has 96 valence electrons. The Hall–Kier alpha value is -0.680. The second-order valence-electron chi connectivity index (χ2n) is 3.69. The summed E-state index contributed by atoms with van der Waals surface area (Å²) in [6.07, 6.45) is -1.57. The van der Waals surface area contributed by atoms with E-state index in [9.17, 15) is 13.2 Å². The van der Waals surface area contributed by atoms with Gasteiger partial charge < -0.3 is 5.32 Å². The van der Waals surface area contributed by atoms with E-state index in [-0.39, 0.29) is 5.56 Å². The van der Waals surface area contributed by atoms with Crippen LogP contribution in [0.2, 0.25) is 0 Å². The number of nitrogens with one attached hydrogen (secondary N) is 1. The van der Waals surface area contributed by atoms with Gasteiger partial charge in [-0.15, -0.1) is 0 Å². The molecule has 1 nitrogen and oxygen atoms in total. The minimum Gasteiger partial charge on any atom is -0.302 e. The van der Waals surface area contributed by atoms with Crippen molar-refractivity contribution >= 4 is 11.8 Å². The lowest BCUT2D eigenvalue weighted by Crippen LogP contribution is -2.34. The van der Waals surface area contributed by atoms with Gasteiger partial charge in [0.2, 0.25) is 0 Å². The molecule has 1 N–H and O–H groups in total. The van der Waals surface area contributed by atoms with Gasteiger partial charge in [0.1, 0.15) is 6.04 Å². The molecule has 1 atom stereocenters. The van der Waals surface area contributed by atoms with Crippen molar-refractivity contribution in [2.45, 2.75) is 18.6 Å². The number of rotatable bonds is 6. The number of alkyl halides is 3. The van der Waals surface area contributed by atoms with Crippen LogP contribution < -0.4 is 5.32 Å². The van der Waals surface area contributed by atoms with E-state index in [1.54, 1.807) is 30.0 Å². The Morgan fingerprint density at radius 1 is 1.24 bits per heavy atom. The van der Waals surface area contributed by atoms with E-state index in [1.807, 2.05) is 6.26 Å². The van der Waals surface area contributed by atoms with Crippen LogP contribution in [0.15, 0.2) is 30.3 Å². The van der Waals surface area contributed by atoms with Crippen LogP contribution in [0.4, 0.5) is 13.2 Å². The fourth-order valence-electron chi connectivity index (χ4n) is 1.53. The Balaban J connectivity index is 2.63. The Kier molecular flexibility index (Phi) is 5.85. The molecule has 17 heavy (non-hydrogen) atoms. The highest BCUT2D eigenvalue weighted by atomic mass is 32.2. The lowest BCUT2D eigenvalue weighted by molar-refractivity contribution is -0.157. The summed E-state index contributed by atoms with van der Waals surface area (Å²) >= 11 is 1.64. The summed E-state index contributed by atoms with van der Waals surface area (Å²) in [5.41, 5.74) is 0.268. The molecule has 0 heterocycles. The van der Waals surface area contributed by atoms with Crippen LogP contribution in [0.3, 0.4) is 0 Å². The molecule has 0 amide bonds. The molecule has 0 spiro atoms. The van der Waals surface area contributed by atoms with E-state index in [0.29, 0.717) is 6.54 Å². The molecule has 1 aromatic carbocycles. The SMILES string of the molecule is CSCCCNC(c1ccccc1)C(F)(F)F. The summed E-state index contributed by atoms with van der Waals surface area (Å²) in [7, 11) is 0. The van der Waals surface area contributed by atoms with Crippen molar-refractivity contribution in [3.05, 3.63) is 35.9 Å². The van der Waals surface area contributed by atoms with E-state index < -0.39 is 12.2 Å². The lowest BCUT2D eigenvalue weighted by Gasteiger charge is -2.22. The van der Waals surface area contributed by atoms with Gasteiger partial charge in [-0.3, -0.25) is 0 Å². The average molecular weight is 263 g/mol. The standard InChI is InChI=1S/C12H16F3NS/c1-17-9-5-8-16-11(12(13,14)15)10-6-3-2-4-7-10/h2-4,6-7,11,16H,5,8-9H2,1H3. The zero-order chi connectivity index (χ0) is 12.7. The minimum atomic E-state index is -4.25. The summed E-state index contributed by atoms with van der Waals surface area (Å²) in [5, 5.41) is 2.57. The van der Waals surface area contributed by atoms with Crippen LogP contribution in [-0.4, -0.2) is 24.7 Å². The van der Waals surface area contributed by atoms with Crippen molar-refractivity contribution in [1.82, 2.24) is 5.32 Å². The highest BCUT2D eigenvalue weighted by Gasteiger charge is 2.40. The third-order valence-corrected chi connectivity index (χ3v) is 3.03. The number of halogens is 3. The predicted molar refractivity (Wildman–Crippen MR) is 66.2 cm³/mol. The zero-order valence-corrected chi connectivity index (χ0v) is 10.4. The van der Waals surface area contributed by atoms with Crippen molar-refractivity contribution in [3.8, 4) is 0 Å². The first kappa shape index (κ1) is 14.4. The molecule has 0 aliphatic carbocycles. The highest BCUT2D eigenvalue weighted by molar-refractivity contribution is 7.98. The van der Waals surface area contributed by atoms with Crippen LogP contribution in [-0.2, 0) is 0 Å². The van der Waals surface area contributed by atoms with Gasteiger partial charge in [0.25, 0.3) is 0 Å². The summed E-state index contributed by atoms with van der Waals surface area (Å²) in [6, 6.07) is 6.39. The van der Waals surface area contributed by atoms with Crippen molar-refractivity contribution in [2.75, 3.05) is 18.6 Å². The molecule has 0 fully saturated rings. The first-order valence-electron chi connectivity index (χ1n) is 5.39. The van der Waals surface area contributed by atoms with E-state index in [1.165, 1.54) is 12.1 Å². The van der Waals surface area contributed by atoms with E-state index >= 15 is 0 Å². The highest BCUT2D eigenvalue weighted by Crippen LogP contribution is 2.32. The van der Waals surface area contributed by atoms with E-state index in [4.69, 9.17) is 0 Å². The van der Waals surface area contributed by atoms with Gasteiger partial charge in [-0.25, -0.2) is 0 Å². The quantitative estimate of drug-likeness (QED) is 0.786. The normalized spacial score (nSPS) is 13.6. The van der Waals surface area contributed by atoms with Gasteiger partial charge in [0, 0.05) is 0 Å². The number of hydrogen-bond acceptors (Lipinski definition) is 2. The number of benzene rings is 1. The Morgan fingerprint density at radius 3 is 2.41 bits per heavy atom. The molecule has 0 aliphatic heterocycles. The summed E-state index contributed by atoms with van der Waals surface area (Å²) in [4.78, 5) is 0. The summed E-state index contributed by atoms with van der Waals surface area (Å²) in [6.45, 7) is 0.375. The first-order valence-corrected chi connectivity index (χ1v) is 6.79. The van der Waals surface area contributed by atoms with Crippen LogP contribution in [0.5, 0.6) is 0 Å². The zero-order valence-electron chi connectivity index (χ0n) is 9.63. The van der Waals surface area contributed by atoms with Gasteiger partial charge in [-0.05, 0) is 30.5 Å². The molecule has 0 saturated carbocycles. The maximum Gasteiger partial charge on any atom is 0.407 e. The van der Waals surface area contributed by atoms with Crippen LogP contribution >= 0.6 is 11.8 Å².